The van der Waals surface area contributed by atoms with Gasteiger partial charge in [-0.3, -0.25) is 15.2 Å². The van der Waals surface area contributed by atoms with E-state index in [1.54, 1.807) is 19.2 Å². The standard InChI is InChI=1S/C17H17N5O4/c1-25-13-7-5-11(6-8-13)16(18)17-19-15(20-21-17)10-26-14-4-2-3-12(9-14)22(23)24/h2-9,16H,10,18H2,1H3,(H,19,20,21)/t16-/m0/s1. The zero-order valence-corrected chi connectivity index (χ0v) is 14.0. The summed E-state index contributed by atoms with van der Waals surface area (Å²) in [4.78, 5) is 14.6. The summed E-state index contributed by atoms with van der Waals surface area (Å²) in [6.07, 6.45) is 0. The molecular formula is C17H17N5O4. The number of benzene rings is 2. The molecule has 3 rings (SSSR count). The Labute approximate surface area is 148 Å². The molecule has 0 saturated carbocycles. The van der Waals surface area contributed by atoms with Gasteiger partial charge in [-0.25, -0.2) is 4.98 Å². The average molecular weight is 355 g/mol. The van der Waals surface area contributed by atoms with Gasteiger partial charge in [0.25, 0.3) is 5.69 Å². The number of hydrogen-bond acceptors (Lipinski definition) is 7. The minimum atomic E-state index is -0.497. The Morgan fingerprint density at radius 3 is 2.69 bits per heavy atom. The van der Waals surface area contributed by atoms with Crippen LogP contribution in [0.5, 0.6) is 11.5 Å². The molecule has 0 aliphatic rings. The van der Waals surface area contributed by atoms with Crippen LogP contribution in [0.4, 0.5) is 5.69 Å². The summed E-state index contributed by atoms with van der Waals surface area (Å²) >= 11 is 0. The number of nitrogens with one attached hydrogen (secondary N) is 1. The highest BCUT2D eigenvalue weighted by atomic mass is 16.6. The van der Waals surface area contributed by atoms with Gasteiger partial charge < -0.3 is 15.2 Å². The third-order valence-electron chi connectivity index (χ3n) is 3.71. The van der Waals surface area contributed by atoms with E-state index in [0.717, 1.165) is 11.3 Å². The van der Waals surface area contributed by atoms with Gasteiger partial charge in [0.1, 0.15) is 18.1 Å². The van der Waals surface area contributed by atoms with E-state index in [1.807, 2.05) is 24.3 Å². The summed E-state index contributed by atoms with van der Waals surface area (Å²) in [6, 6.07) is 12.8. The molecule has 1 heterocycles. The van der Waals surface area contributed by atoms with Crippen molar-refractivity contribution in [3.8, 4) is 11.5 Å². The van der Waals surface area contributed by atoms with Crippen molar-refractivity contribution >= 4 is 5.69 Å². The van der Waals surface area contributed by atoms with Crippen molar-refractivity contribution in [1.29, 1.82) is 0 Å². The van der Waals surface area contributed by atoms with Crippen LogP contribution >= 0.6 is 0 Å². The summed E-state index contributed by atoms with van der Waals surface area (Å²) in [6.45, 7) is 0.0868. The molecule has 0 fully saturated rings. The molecule has 0 aliphatic carbocycles. The highest BCUT2D eigenvalue weighted by Gasteiger charge is 2.15. The number of nitro groups is 1. The largest absolute Gasteiger partial charge is 0.497 e. The van der Waals surface area contributed by atoms with Crippen LogP contribution < -0.4 is 15.2 Å². The molecule has 0 aliphatic heterocycles. The number of nitrogens with zero attached hydrogens (tertiary/aromatic N) is 3. The molecule has 0 spiro atoms. The van der Waals surface area contributed by atoms with E-state index < -0.39 is 11.0 Å². The fourth-order valence-corrected chi connectivity index (χ4v) is 2.31. The van der Waals surface area contributed by atoms with Crippen LogP contribution in [0, 0.1) is 10.1 Å². The van der Waals surface area contributed by atoms with Crippen molar-refractivity contribution in [1.82, 2.24) is 15.2 Å². The van der Waals surface area contributed by atoms with Crippen molar-refractivity contribution in [3.63, 3.8) is 0 Å². The van der Waals surface area contributed by atoms with Crippen LogP contribution in [-0.2, 0) is 6.61 Å². The second-order valence-corrected chi connectivity index (χ2v) is 5.43. The van der Waals surface area contributed by atoms with Gasteiger partial charge in [0.05, 0.1) is 24.1 Å². The van der Waals surface area contributed by atoms with Crippen LogP contribution in [-0.4, -0.2) is 27.2 Å². The first-order chi connectivity index (χ1) is 12.6. The molecule has 0 amide bonds. The predicted octanol–water partition coefficient (Wildman–Crippen LogP) is 2.35. The van der Waals surface area contributed by atoms with E-state index in [0.29, 0.717) is 17.4 Å². The van der Waals surface area contributed by atoms with E-state index >= 15 is 0 Å². The van der Waals surface area contributed by atoms with Gasteiger partial charge in [0.2, 0.25) is 0 Å². The third-order valence-corrected chi connectivity index (χ3v) is 3.71. The molecule has 0 saturated heterocycles. The Kier molecular flexibility index (Phi) is 5.09. The van der Waals surface area contributed by atoms with Gasteiger partial charge in [0, 0.05) is 6.07 Å². The summed E-state index contributed by atoms with van der Waals surface area (Å²) in [5.74, 6) is 2.00. The van der Waals surface area contributed by atoms with E-state index in [9.17, 15) is 10.1 Å². The van der Waals surface area contributed by atoms with Gasteiger partial charge in [-0.1, -0.05) is 18.2 Å². The van der Waals surface area contributed by atoms with Gasteiger partial charge in [-0.05, 0) is 23.8 Å². The highest BCUT2D eigenvalue weighted by Crippen LogP contribution is 2.21. The van der Waals surface area contributed by atoms with Crippen molar-refractivity contribution in [3.05, 3.63) is 75.9 Å². The molecule has 0 unspecified atom stereocenters. The Morgan fingerprint density at radius 2 is 2.00 bits per heavy atom. The number of methoxy groups -OCH3 is 1. The van der Waals surface area contributed by atoms with E-state index in [2.05, 4.69) is 15.2 Å². The third kappa shape index (κ3) is 3.95. The lowest BCUT2D eigenvalue weighted by Crippen LogP contribution is -2.13. The lowest BCUT2D eigenvalue weighted by atomic mass is 10.1. The maximum Gasteiger partial charge on any atom is 0.273 e. The molecule has 3 N–H and O–H groups in total. The molecule has 0 bridgehead atoms. The van der Waals surface area contributed by atoms with Gasteiger partial charge >= 0.3 is 0 Å². The summed E-state index contributed by atoms with van der Waals surface area (Å²) in [5, 5.41) is 17.7. The molecular weight excluding hydrogens is 338 g/mol. The molecule has 2 aromatic carbocycles. The molecule has 3 aromatic rings. The fourth-order valence-electron chi connectivity index (χ4n) is 2.31. The quantitative estimate of drug-likeness (QED) is 0.491. The smallest absolute Gasteiger partial charge is 0.273 e. The Hall–Kier alpha value is -3.46. The molecule has 26 heavy (non-hydrogen) atoms. The van der Waals surface area contributed by atoms with Crippen molar-refractivity contribution in [2.45, 2.75) is 12.6 Å². The lowest BCUT2D eigenvalue weighted by molar-refractivity contribution is -0.384. The van der Waals surface area contributed by atoms with Crippen molar-refractivity contribution in [2.24, 2.45) is 5.73 Å². The number of nitro benzene ring substituents is 1. The number of aromatic nitrogens is 3. The lowest BCUT2D eigenvalue weighted by Gasteiger charge is -2.08. The first kappa shape index (κ1) is 17.4. The van der Waals surface area contributed by atoms with Gasteiger partial charge in [-0.15, -0.1) is 0 Å². The zero-order valence-electron chi connectivity index (χ0n) is 14.0. The topological polar surface area (TPSA) is 129 Å². The summed E-state index contributed by atoms with van der Waals surface area (Å²) in [5.41, 5.74) is 6.98. The number of ether oxygens (including phenoxy) is 2. The SMILES string of the molecule is COc1ccc([C@H](N)c2n[nH]c(COc3cccc([N+](=O)[O-])c3)n2)cc1. The van der Waals surface area contributed by atoms with Crippen LogP contribution in [0.25, 0.3) is 0 Å². The Balaban J connectivity index is 1.65. The second-order valence-electron chi connectivity index (χ2n) is 5.43. The molecule has 134 valence electrons. The van der Waals surface area contributed by atoms with E-state index in [-0.39, 0.29) is 12.3 Å². The summed E-state index contributed by atoms with van der Waals surface area (Å²) < 4.78 is 10.6. The predicted molar refractivity (Wildman–Crippen MR) is 92.8 cm³/mol. The fraction of sp³-hybridized carbons (Fsp3) is 0.176. The van der Waals surface area contributed by atoms with Crippen LogP contribution in [0.2, 0.25) is 0 Å². The number of rotatable bonds is 7. The second kappa shape index (κ2) is 7.62. The van der Waals surface area contributed by atoms with E-state index in [1.165, 1.54) is 12.1 Å². The monoisotopic (exact) mass is 355 g/mol. The molecule has 9 heteroatoms. The first-order valence-electron chi connectivity index (χ1n) is 7.75. The minimum absolute atomic E-state index is 0.0395. The van der Waals surface area contributed by atoms with Crippen LogP contribution in [0.15, 0.2) is 48.5 Å². The molecule has 0 radical (unpaired) electrons. The number of H-pyrrole nitrogens is 1. The Morgan fingerprint density at radius 1 is 1.23 bits per heavy atom. The maximum atomic E-state index is 10.8. The normalized spacial score (nSPS) is 11.8. The summed E-state index contributed by atoms with van der Waals surface area (Å²) in [7, 11) is 1.60. The number of hydrogen-bond donors (Lipinski definition) is 2. The number of non-ortho nitro benzene ring substituents is 1. The molecule has 1 atom stereocenters. The van der Waals surface area contributed by atoms with Gasteiger partial charge in [0.15, 0.2) is 11.6 Å². The minimum Gasteiger partial charge on any atom is -0.497 e. The number of aromatic amines is 1. The zero-order chi connectivity index (χ0) is 18.5. The highest BCUT2D eigenvalue weighted by molar-refractivity contribution is 5.38. The first-order valence-corrected chi connectivity index (χ1v) is 7.75. The van der Waals surface area contributed by atoms with Crippen LogP contribution in [0.3, 0.4) is 0 Å². The van der Waals surface area contributed by atoms with Gasteiger partial charge in [-0.2, -0.15) is 5.10 Å². The van der Waals surface area contributed by atoms with Crippen molar-refractivity contribution < 1.29 is 14.4 Å². The van der Waals surface area contributed by atoms with E-state index in [4.69, 9.17) is 15.2 Å². The Bertz CT molecular complexity index is 894. The maximum absolute atomic E-state index is 10.8. The van der Waals surface area contributed by atoms with Crippen LogP contribution in [0.1, 0.15) is 23.3 Å². The molecule has 1 aromatic heterocycles. The average Bonchev–Trinajstić information content (AvgIpc) is 3.15. The van der Waals surface area contributed by atoms with Crippen molar-refractivity contribution in [2.75, 3.05) is 7.11 Å². The number of nitrogens with two attached hydrogens (primary N) is 1. The molecule has 9 nitrogen and oxygen atoms in total.